The van der Waals surface area contributed by atoms with Crippen molar-refractivity contribution in [2.75, 3.05) is 0 Å². The lowest BCUT2D eigenvalue weighted by Gasteiger charge is -2.21. The maximum Gasteiger partial charge on any atom is 0.408 e. The van der Waals surface area contributed by atoms with Gasteiger partial charge in [0.05, 0.1) is 5.56 Å². The molecule has 0 spiro atoms. The predicted octanol–water partition coefficient (Wildman–Crippen LogP) is 1.85. The number of nitrogens with one attached hydrogen (secondary N) is 1. The van der Waals surface area contributed by atoms with Gasteiger partial charge in [0.1, 0.15) is 11.7 Å². The van der Waals surface area contributed by atoms with Crippen LogP contribution < -0.4 is 5.32 Å². The number of rotatable bonds is 4. The van der Waals surface area contributed by atoms with Crippen molar-refractivity contribution in [1.82, 2.24) is 10.3 Å². The van der Waals surface area contributed by atoms with Crippen LogP contribution >= 0.6 is 0 Å². The number of hydrogen-bond donors (Lipinski definition) is 2. The first-order valence-electron chi connectivity index (χ1n) is 5.86. The van der Waals surface area contributed by atoms with Crippen molar-refractivity contribution < 1.29 is 27.9 Å². The van der Waals surface area contributed by atoms with E-state index in [4.69, 9.17) is 5.11 Å². The third kappa shape index (κ3) is 3.25. The number of halogens is 3. The summed E-state index contributed by atoms with van der Waals surface area (Å²) in [5.74, 6) is -2.77. The summed E-state index contributed by atoms with van der Waals surface area (Å²) in [5.41, 5.74) is -0.388. The Morgan fingerprint density at radius 3 is 2.40 bits per heavy atom. The lowest BCUT2D eigenvalue weighted by molar-refractivity contribution is -0.158. The molecular weight excluding hydrogens is 277 g/mol. The first-order valence-corrected chi connectivity index (χ1v) is 5.86. The van der Waals surface area contributed by atoms with E-state index in [9.17, 15) is 22.8 Å². The van der Waals surface area contributed by atoms with Crippen molar-refractivity contribution in [2.45, 2.75) is 25.1 Å². The number of nitrogens with zero attached hydrogens (tertiary/aromatic N) is 1. The third-order valence-corrected chi connectivity index (χ3v) is 2.98. The molecule has 20 heavy (non-hydrogen) atoms. The number of amides is 1. The molecule has 1 fully saturated rings. The van der Waals surface area contributed by atoms with Gasteiger partial charge >= 0.3 is 12.1 Å². The van der Waals surface area contributed by atoms with Gasteiger partial charge in [0.2, 0.25) is 0 Å². The van der Waals surface area contributed by atoms with Gasteiger partial charge in [0, 0.05) is 6.20 Å². The minimum atomic E-state index is -4.49. The molecule has 1 heterocycles. The Balaban J connectivity index is 2.08. The maximum absolute atomic E-state index is 12.7. The van der Waals surface area contributed by atoms with E-state index < -0.39 is 30.0 Å². The Morgan fingerprint density at radius 1 is 1.35 bits per heavy atom. The van der Waals surface area contributed by atoms with E-state index >= 15 is 0 Å². The first-order chi connectivity index (χ1) is 9.29. The van der Waals surface area contributed by atoms with Crippen LogP contribution in [0.15, 0.2) is 18.3 Å². The third-order valence-electron chi connectivity index (χ3n) is 2.98. The number of aromatic carboxylic acids is 1. The topological polar surface area (TPSA) is 79.3 Å². The highest BCUT2D eigenvalue weighted by atomic mass is 19.4. The zero-order chi connectivity index (χ0) is 14.9. The number of pyridine rings is 1. The molecule has 5 nitrogen and oxygen atoms in total. The van der Waals surface area contributed by atoms with Crippen molar-refractivity contribution in [3.63, 3.8) is 0 Å². The molecule has 0 saturated heterocycles. The van der Waals surface area contributed by atoms with Crippen molar-refractivity contribution in [3.8, 4) is 0 Å². The molecule has 0 radical (unpaired) electrons. The summed E-state index contributed by atoms with van der Waals surface area (Å²) in [6.45, 7) is 0. The Labute approximate surface area is 111 Å². The molecular formula is C12H11F3N2O3. The monoisotopic (exact) mass is 288 g/mol. The Kier molecular flexibility index (Phi) is 3.65. The Bertz CT molecular complexity index is 524. The van der Waals surface area contributed by atoms with Crippen LogP contribution in [0.2, 0.25) is 0 Å². The van der Waals surface area contributed by atoms with Gasteiger partial charge in [0.15, 0.2) is 0 Å². The number of carbonyl (C=O) groups excluding carboxylic acids is 1. The molecule has 1 aromatic rings. The van der Waals surface area contributed by atoms with Crippen LogP contribution in [0.5, 0.6) is 0 Å². The largest absolute Gasteiger partial charge is 0.477 e. The van der Waals surface area contributed by atoms with E-state index in [1.54, 1.807) is 0 Å². The quantitative estimate of drug-likeness (QED) is 0.886. The fourth-order valence-electron chi connectivity index (χ4n) is 1.78. The molecule has 1 unspecified atom stereocenters. The molecule has 1 saturated carbocycles. The van der Waals surface area contributed by atoms with Crippen molar-refractivity contribution in [2.24, 2.45) is 5.92 Å². The van der Waals surface area contributed by atoms with Gasteiger partial charge in [-0.2, -0.15) is 13.2 Å². The molecule has 2 N–H and O–H groups in total. The van der Waals surface area contributed by atoms with Gasteiger partial charge < -0.3 is 10.4 Å². The average molecular weight is 288 g/mol. The Morgan fingerprint density at radius 2 is 2.00 bits per heavy atom. The van der Waals surface area contributed by atoms with Crippen LogP contribution in [0, 0.1) is 5.92 Å². The summed E-state index contributed by atoms with van der Waals surface area (Å²) < 4.78 is 38.2. The molecule has 0 bridgehead atoms. The van der Waals surface area contributed by atoms with Crippen LogP contribution in [0.25, 0.3) is 0 Å². The maximum atomic E-state index is 12.7. The fraction of sp³-hybridized carbons (Fsp3) is 0.417. The van der Waals surface area contributed by atoms with Crippen LogP contribution in [-0.4, -0.2) is 34.2 Å². The van der Waals surface area contributed by atoms with Crippen LogP contribution in [0.4, 0.5) is 13.2 Å². The molecule has 108 valence electrons. The summed E-state index contributed by atoms with van der Waals surface area (Å²) >= 11 is 0. The SMILES string of the molecule is O=C(NC(C1CC1)C(F)(F)F)c1ccc(C(=O)O)nc1. The number of hydrogen-bond acceptors (Lipinski definition) is 3. The minimum absolute atomic E-state index is 0.107. The number of carboxylic acid groups (broad SMARTS) is 1. The molecule has 1 aliphatic carbocycles. The molecule has 0 aromatic carbocycles. The highest BCUT2D eigenvalue weighted by molar-refractivity contribution is 5.95. The van der Waals surface area contributed by atoms with E-state index in [1.807, 2.05) is 5.32 Å². The molecule has 1 atom stereocenters. The number of carboxylic acids is 1. The lowest BCUT2D eigenvalue weighted by Crippen LogP contribution is -2.46. The molecule has 2 rings (SSSR count). The van der Waals surface area contributed by atoms with E-state index in [1.165, 1.54) is 0 Å². The summed E-state index contributed by atoms with van der Waals surface area (Å²) in [5, 5.41) is 10.6. The average Bonchev–Trinajstić information content (AvgIpc) is 3.18. The molecule has 8 heteroatoms. The second-order valence-electron chi connectivity index (χ2n) is 4.57. The number of alkyl halides is 3. The van der Waals surface area contributed by atoms with E-state index in [0.717, 1.165) is 18.3 Å². The second kappa shape index (κ2) is 5.10. The van der Waals surface area contributed by atoms with Gasteiger partial charge in [-0.3, -0.25) is 4.79 Å². The first kappa shape index (κ1) is 14.3. The summed E-state index contributed by atoms with van der Waals surface area (Å²) in [6, 6.07) is 0.331. The van der Waals surface area contributed by atoms with Crippen LogP contribution in [0.3, 0.4) is 0 Å². The molecule has 1 aliphatic rings. The minimum Gasteiger partial charge on any atom is -0.477 e. The summed E-state index contributed by atoms with van der Waals surface area (Å²) in [7, 11) is 0. The zero-order valence-corrected chi connectivity index (χ0v) is 10.1. The number of carbonyl (C=O) groups is 2. The Hall–Kier alpha value is -2.12. The van der Waals surface area contributed by atoms with Crippen molar-refractivity contribution in [3.05, 3.63) is 29.6 Å². The van der Waals surface area contributed by atoms with Gasteiger partial charge in [-0.25, -0.2) is 9.78 Å². The smallest absolute Gasteiger partial charge is 0.408 e. The van der Waals surface area contributed by atoms with Gasteiger partial charge in [-0.05, 0) is 30.9 Å². The highest BCUT2D eigenvalue weighted by Crippen LogP contribution is 2.40. The number of aromatic nitrogens is 1. The zero-order valence-electron chi connectivity index (χ0n) is 10.1. The van der Waals surface area contributed by atoms with Crippen LogP contribution in [0.1, 0.15) is 33.7 Å². The summed E-state index contributed by atoms with van der Waals surface area (Å²) in [4.78, 5) is 25.8. The van der Waals surface area contributed by atoms with Crippen molar-refractivity contribution in [1.29, 1.82) is 0 Å². The van der Waals surface area contributed by atoms with Crippen molar-refractivity contribution >= 4 is 11.9 Å². The van der Waals surface area contributed by atoms with Crippen LogP contribution in [-0.2, 0) is 0 Å². The molecule has 0 aliphatic heterocycles. The molecule has 1 aromatic heterocycles. The molecule has 1 amide bonds. The standard InChI is InChI=1S/C12H11F3N2O3/c13-12(14,15)9(6-1-2-6)17-10(18)7-3-4-8(11(19)20)16-5-7/h3-6,9H,1-2H2,(H,17,18)(H,19,20). The van der Waals surface area contributed by atoms with E-state index in [0.29, 0.717) is 12.8 Å². The summed E-state index contributed by atoms with van der Waals surface area (Å²) in [6.07, 6.45) is -2.69. The van der Waals surface area contributed by atoms with E-state index in [-0.39, 0.29) is 11.3 Å². The van der Waals surface area contributed by atoms with E-state index in [2.05, 4.69) is 4.98 Å². The van der Waals surface area contributed by atoms with Gasteiger partial charge in [-0.1, -0.05) is 0 Å². The highest BCUT2D eigenvalue weighted by Gasteiger charge is 2.49. The van der Waals surface area contributed by atoms with Gasteiger partial charge in [0.25, 0.3) is 5.91 Å². The second-order valence-corrected chi connectivity index (χ2v) is 4.57. The normalized spacial score (nSPS) is 16.6. The lowest BCUT2D eigenvalue weighted by atomic mass is 10.1. The van der Waals surface area contributed by atoms with Gasteiger partial charge in [-0.15, -0.1) is 0 Å². The fourth-order valence-corrected chi connectivity index (χ4v) is 1.78. The predicted molar refractivity (Wildman–Crippen MR) is 61.2 cm³/mol.